The molecule has 5 heterocycles. The van der Waals surface area contributed by atoms with E-state index in [1.165, 1.54) is 6.20 Å². The number of nitrogens with one attached hydrogen (secondary N) is 1. The Kier molecular flexibility index (Phi) is 6.88. The van der Waals surface area contributed by atoms with Crippen molar-refractivity contribution in [2.45, 2.75) is 33.2 Å². The number of rotatable bonds is 7. The number of piperazine rings is 1. The summed E-state index contributed by atoms with van der Waals surface area (Å²) in [5, 5.41) is 8.46. The standard InChI is InChI=1S/C26H32FN9/c1-5-35-8-10-36(11-9-35)16-18-6-7-22(28-13-18)31-26-30-15-21(27)23(32-26)19-12-20-24(17(2)3)34(4)33-25(20)29-14-19/h6-7,12-15,17H,5,8-11,16H2,1-4H3,(H,28,30,31,32). The maximum absolute atomic E-state index is 14.8. The first-order chi connectivity index (χ1) is 17.4. The Bertz CT molecular complexity index is 1340. The molecular formula is C26H32FN9. The topological polar surface area (TPSA) is 87.9 Å². The fourth-order valence-corrected chi connectivity index (χ4v) is 4.77. The highest BCUT2D eigenvalue weighted by Gasteiger charge is 2.18. The molecule has 0 radical (unpaired) electrons. The van der Waals surface area contributed by atoms with Crippen LogP contribution in [-0.2, 0) is 13.6 Å². The second kappa shape index (κ2) is 10.2. The Morgan fingerprint density at radius 3 is 2.47 bits per heavy atom. The first kappa shape index (κ1) is 24.2. The zero-order chi connectivity index (χ0) is 25.2. The predicted octanol–water partition coefficient (Wildman–Crippen LogP) is 3.96. The minimum Gasteiger partial charge on any atom is -0.309 e. The van der Waals surface area contributed by atoms with E-state index in [2.05, 4.69) is 67.0 Å². The third kappa shape index (κ3) is 5.05. The second-order valence-corrected chi connectivity index (χ2v) is 9.54. The molecule has 0 unspecified atom stereocenters. The quantitative estimate of drug-likeness (QED) is 0.417. The molecule has 1 N–H and O–H groups in total. The number of anilines is 2. The van der Waals surface area contributed by atoms with E-state index in [0.29, 0.717) is 17.0 Å². The van der Waals surface area contributed by atoms with E-state index < -0.39 is 5.82 Å². The van der Waals surface area contributed by atoms with E-state index in [9.17, 15) is 4.39 Å². The van der Waals surface area contributed by atoms with Crippen LogP contribution in [0.25, 0.3) is 22.3 Å². The lowest BCUT2D eigenvalue weighted by Gasteiger charge is -2.33. The molecule has 1 fully saturated rings. The fourth-order valence-electron chi connectivity index (χ4n) is 4.77. The first-order valence-corrected chi connectivity index (χ1v) is 12.4. The molecule has 0 atom stereocenters. The summed E-state index contributed by atoms with van der Waals surface area (Å²) in [5.41, 5.74) is 3.59. The molecule has 36 heavy (non-hydrogen) atoms. The van der Waals surface area contributed by atoms with E-state index in [4.69, 9.17) is 0 Å². The van der Waals surface area contributed by atoms with Crippen LogP contribution in [0, 0.1) is 5.82 Å². The highest BCUT2D eigenvalue weighted by Crippen LogP contribution is 2.29. The number of hydrogen-bond donors (Lipinski definition) is 1. The molecule has 4 aromatic rings. The normalized spacial score (nSPS) is 15.2. The van der Waals surface area contributed by atoms with Gasteiger partial charge in [-0.25, -0.2) is 24.3 Å². The number of likely N-dealkylation sites (N-methyl/N-ethyl adjacent to an activating group) is 1. The molecule has 4 aromatic heterocycles. The van der Waals surface area contributed by atoms with Crippen molar-refractivity contribution in [3.63, 3.8) is 0 Å². The van der Waals surface area contributed by atoms with Gasteiger partial charge in [-0.2, -0.15) is 5.10 Å². The number of nitrogens with zero attached hydrogens (tertiary/aromatic N) is 8. The van der Waals surface area contributed by atoms with E-state index in [0.717, 1.165) is 55.9 Å². The number of fused-ring (bicyclic) bond motifs is 1. The Hall–Kier alpha value is -3.50. The molecule has 0 aliphatic carbocycles. The maximum Gasteiger partial charge on any atom is 0.229 e. The van der Waals surface area contributed by atoms with Crippen LogP contribution < -0.4 is 5.32 Å². The predicted molar refractivity (Wildman–Crippen MR) is 138 cm³/mol. The number of aryl methyl sites for hydroxylation is 1. The van der Waals surface area contributed by atoms with Crippen molar-refractivity contribution in [2.75, 3.05) is 38.0 Å². The Morgan fingerprint density at radius 1 is 1.00 bits per heavy atom. The Morgan fingerprint density at radius 2 is 1.78 bits per heavy atom. The van der Waals surface area contributed by atoms with Crippen LogP contribution in [0.4, 0.5) is 16.2 Å². The molecule has 0 spiro atoms. The number of hydrogen-bond acceptors (Lipinski definition) is 8. The van der Waals surface area contributed by atoms with E-state index >= 15 is 0 Å². The van der Waals surface area contributed by atoms with Crippen LogP contribution in [-0.4, -0.2) is 72.2 Å². The van der Waals surface area contributed by atoms with Gasteiger partial charge in [-0.3, -0.25) is 9.58 Å². The lowest BCUT2D eigenvalue weighted by Crippen LogP contribution is -2.45. The SMILES string of the molecule is CCN1CCN(Cc2ccc(Nc3ncc(F)c(-c4cnc5nn(C)c(C(C)C)c5c4)n3)nc2)CC1. The van der Waals surface area contributed by atoms with Gasteiger partial charge in [0.05, 0.1) is 11.9 Å². The lowest BCUT2D eigenvalue weighted by atomic mass is 10.1. The van der Waals surface area contributed by atoms with Gasteiger partial charge in [0.2, 0.25) is 5.95 Å². The van der Waals surface area contributed by atoms with Crippen molar-refractivity contribution >= 4 is 22.8 Å². The summed E-state index contributed by atoms with van der Waals surface area (Å²) in [4.78, 5) is 22.4. The van der Waals surface area contributed by atoms with Crippen LogP contribution in [0.15, 0.2) is 36.8 Å². The summed E-state index contributed by atoms with van der Waals surface area (Å²) in [7, 11) is 1.90. The molecule has 1 aliphatic heterocycles. The molecule has 0 saturated carbocycles. The molecule has 5 rings (SSSR count). The highest BCUT2D eigenvalue weighted by molar-refractivity contribution is 5.83. The van der Waals surface area contributed by atoms with Gasteiger partial charge in [-0.05, 0) is 30.2 Å². The van der Waals surface area contributed by atoms with Crippen LogP contribution in [0.5, 0.6) is 0 Å². The van der Waals surface area contributed by atoms with Gasteiger partial charge in [-0.1, -0.05) is 26.8 Å². The fraction of sp³-hybridized carbons (Fsp3) is 0.423. The van der Waals surface area contributed by atoms with Crippen LogP contribution in [0.3, 0.4) is 0 Å². The second-order valence-electron chi connectivity index (χ2n) is 9.54. The maximum atomic E-state index is 14.8. The number of aromatic nitrogens is 6. The molecule has 0 aromatic carbocycles. The third-order valence-electron chi connectivity index (χ3n) is 6.68. The minimum absolute atomic E-state index is 0.184. The van der Waals surface area contributed by atoms with Crippen LogP contribution >= 0.6 is 0 Å². The summed E-state index contributed by atoms with van der Waals surface area (Å²) >= 11 is 0. The molecule has 0 amide bonds. The monoisotopic (exact) mass is 489 g/mol. The van der Waals surface area contributed by atoms with Crippen molar-refractivity contribution in [3.05, 3.63) is 53.9 Å². The molecule has 1 saturated heterocycles. The van der Waals surface area contributed by atoms with Crippen molar-refractivity contribution in [2.24, 2.45) is 7.05 Å². The van der Waals surface area contributed by atoms with E-state index in [1.807, 2.05) is 30.1 Å². The summed E-state index contributed by atoms with van der Waals surface area (Å²) in [6.07, 6.45) is 4.64. The van der Waals surface area contributed by atoms with E-state index in [1.54, 1.807) is 6.20 Å². The first-order valence-electron chi connectivity index (χ1n) is 12.4. The summed E-state index contributed by atoms with van der Waals surface area (Å²) in [6.45, 7) is 12.7. The molecule has 1 aliphatic rings. The van der Waals surface area contributed by atoms with Crippen LogP contribution in [0.2, 0.25) is 0 Å². The smallest absolute Gasteiger partial charge is 0.229 e. The van der Waals surface area contributed by atoms with Gasteiger partial charge in [-0.15, -0.1) is 0 Å². The molecule has 9 nitrogen and oxygen atoms in total. The third-order valence-corrected chi connectivity index (χ3v) is 6.68. The molecular weight excluding hydrogens is 457 g/mol. The molecule has 188 valence electrons. The Labute approximate surface area is 210 Å². The lowest BCUT2D eigenvalue weighted by molar-refractivity contribution is 0.132. The van der Waals surface area contributed by atoms with Gasteiger partial charge in [0.15, 0.2) is 11.5 Å². The minimum atomic E-state index is -0.511. The van der Waals surface area contributed by atoms with E-state index in [-0.39, 0.29) is 17.6 Å². The number of halogens is 1. The van der Waals surface area contributed by atoms with Crippen LogP contribution in [0.1, 0.15) is 37.9 Å². The van der Waals surface area contributed by atoms with Gasteiger partial charge in [0.25, 0.3) is 0 Å². The van der Waals surface area contributed by atoms with Gasteiger partial charge < -0.3 is 10.2 Å². The van der Waals surface area contributed by atoms with Gasteiger partial charge in [0.1, 0.15) is 11.5 Å². The largest absolute Gasteiger partial charge is 0.309 e. The highest BCUT2D eigenvalue weighted by atomic mass is 19.1. The summed E-state index contributed by atoms with van der Waals surface area (Å²) in [6, 6.07) is 5.86. The number of pyridine rings is 2. The zero-order valence-electron chi connectivity index (χ0n) is 21.2. The Balaban J connectivity index is 1.32. The molecule has 0 bridgehead atoms. The van der Waals surface area contributed by atoms with Crippen molar-refractivity contribution in [1.82, 2.24) is 39.5 Å². The van der Waals surface area contributed by atoms with Gasteiger partial charge in [0, 0.05) is 63.1 Å². The molecule has 10 heteroatoms. The van der Waals surface area contributed by atoms with Gasteiger partial charge >= 0.3 is 0 Å². The van der Waals surface area contributed by atoms with Crippen molar-refractivity contribution in [3.8, 4) is 11.3 Å². The zero-order valence-corrected chi connectivity index (χ0v) is 21.2. The van der Waals surface area contributed by atoms with Crippen molar-refractivity contribution in [1.29, 1.82) is 0 Å². The summed E-state index contributed by atoms with van der Waals surface area (Å²) < 4.78 is 16.6. The van der Waals surface area contributed by atoms with Crippen molar-refractivity contribution < 1.29 is 4.39 Å². The average molecular weight is 490 g/mol. The summed E-state index contributed by atoms with van der Waals surface area (Å²) in [5.74, 6) is 0.621. The average Bonchev–Trinajstić information content (AvgIpc) is 3.22.